The summed E-state index contributed by atoms with van der Waals surface area (Å²) in [7, 11) is -2.14. The Hall–Kier alpha value is -2.16. The van der Waals surface area contributed by atoms with Crippen LogP contribution in [0.2, 0.25) is 0 Å². The molecule has 1 N–H and O–H groups in total. The number of nitrogens with one attached hydrogen (secondary N) is 1. The van der Waals surface area contributed by atoms with Crippen molar-refractivity contribution < 1.29 is 13.2 Å². The van der Waals surface area contributed by atoms with Gasteiger partial charge in [-0.05, 0) is 48.7 Å². The van der Waals surface area contributed by atoms with Crippen LogP contribution in [0.15, 0.2) is 52.2 Å². The zero-order valence-electron chi connectivity index (χ0n) is 16.1. The summed E-state index contributed by atoms with van der Waals surface area (Å²) in [5.41, 5.74) is 1.64. The maximum Gasteiger partial charge on any atom is 0.308 e. The highest BCUT2D eigenvalue weighted by Crippen LogP contribution is 2.25. The van der Waals surface area contributed by atoms with Gasteiger partial charge in [0.2, 0.25) is 10.0 Å². The molecule has 0 bridgehead atoms. The average molecular weight is 421 g/mol. The Bertz CT molecular complexity index is 1120. The molecule has 1 unspecified atom stereocenters. The Balaban J connectivity index is 1.91. The predicted molar refractivity (Wildman–Crippen MR) is 113 cm³/mol. The number of hydrogen-bond donors (Lipinski definition) is 1. The van der Waals surface area contributed by atoms with Gasteiger partial charge >= 0.3 is 4.87 Å². The minimum Gasteiger partial charge on any atom is -0.497 e. The molecule has 0 spiro atoms. The second-order valence-electron chi connectivity index (χ2n) is 6.50. The number of thiazole rings is 1. The Labute approximate surface area is 168 Å². The van der Waals surface area contributed by atoms with E-state index in [1.54, 1.807) is 29.9 Å². The first-order valence-corrected chi connectivity index (χ1v) is 11.5. The highest BCUT2D eigenvalue weighted by atomic mass is 32.2. The van der Waals surface area contributed by atoms with E-state index in [-0.39, 0.29) is 15.8 Å². The molecule has 6 nitrogen and oxygen atoms in total. The lowest BCUT2D eigenvalue weighted by Gasteiger charge is -2.18. The van der Waals surface area contributed by atoms with E-state index in [9.17, 15) is 13.2 Å². The first kappa shape index (κ1) is 20.6. The summed E-state index contributed by atoms with van der Waals surface area (Å²) in [6, 6.07) is 11.8. The third-order valence-corrected chi connectivity index (χ3v) is 7.03. The van der Waals surface area contributed by atoms with Gasteiger partial charge in [0.1, 0.15) is 5.75 Å². The van der Waals surface area contributed by atoms with E-state index in [0.717, 1.165) is 34.6 Å². The average Bonchev–Trinajstić information content (AvgIpc) is 3.01. The summed E-state index contributed by atoms with van der Waals surface area (Å²) in [6.07, 6.45) is 1.45. The molecule has 0 saturated carbocycles. The molecule has 0 aliphatic rings. The molecule has 0 aliphatic heterocycles. The summed E-state index contributed by atoms with van der Waals surface area (Å²) in [6.45, 7) is 4.55. The van der Waals surface area contributed by atoms with Crippen LogP contribution in [0.1, 0.15) is 38.3 Å². The fourth-order valence-electron chi connectivity index (χ4n) is 3.13. The van der Waals surface area contributed by atoms with Crippen LogP contribution in [0.4, 0.5) is 0 Å². The molecule has 2 aromatic carbocycles. The third-order valence-electron chi connectivity index (χ3n) is 4.62. The molecule has 0 amide bonds. The second kappa shape index (κ2) is 8.46. The number of ether oxygens (including phenoxy) is 1. The van der Waals surface area contributed by atoms with Gasteiger partial charge in [-0.25, -0.2) is 13.1 Å². The maximum absolute atomic E-state index is 12.9. The summed E-state index contributed by atoms with van der Waals surface area (Å²) < 4.78 is 36.2. The molecular weight excluding hydrogens is 396 g/mol. The Morgan fingerprint density at radius 3 is 2.46 bits per heavy atom. The molecule has 0 fully saturated rings. The first-order valence-electron chi connectivity index (χ1n) is 9.19. The highest BCUT2D eigenvalue weighted by molar-refractivity contribution is 7.89. The molecular formula is C20H24N2O4S2. The molecule has 3 aromatic rings. The standard InChI is InChI=1S/C20H24N2O4S2/c1-4-12-22-18-11-10-16(13-19(18)27-20(22)23)28(24,25)21-17(5-2)14-6-8-15(26-3)9-7-14/h6-11,13,17,21H,4-5,12H2,1-3H3. The monoisotopic (exact) mass is 420 g/mol. The number of fused-ring (bicyclic) bond motifs is 1. The van der Waals surface area contributed by atoms with E-state index >= 15 is 0 Å². The van der Waals surface area contributed by atoms with Crippen LogP contribution >= 0.6 is 11.3 Å². The molecule has 8 heteroatoms. The van der Waals surface area contributed by atoms with Crippen LogP contribution in [-0.2, 0) is 16.6 Å². The van der Waals surface area contributed by atoms with Crippen molar-refractivity contribution in [2.24, 2.45) is 0 Å². The lowest BCUT2D eigenvalue weighted by atomic mass is 10.1. The van der Waals surface area contributed by atoms with Crippen molar-refractivity contribution in [3.8, 4) is 5.75 Å². The van der Waals surface area contributed by atoms with Crippen LogP contribution in [0.3, 0.4) is 0 Å². The zero-order chi connectivity index (χ0) is 20.3. The van der Waals surface area contributed by atoms with Crippen LogP contribution < -0.4 is 14.3 Å². The van der Waals surface area contributed by atoms with E-state index in [1.807, 2.05) is 38.1 Å². The predicted octanol–water partition coefficient (Wildman–Crippen LogP) is 3.91. The summed E-state index contributed by atoms with van der Waals surface area (Å²) in [5.74, 6) is 0.721. The molecule has 1 heterocycles. The topological polar surface area (TPSA) is 77.4 Å². The highest BCUT2D eigenvalue weighted by Gasteiger charge is 2.21. The van der Waals surface area contributed by atoms with Crippen LogP contribution in [0, 0.1) is 0 Å². The minimum absolute atomic E-state index is 0.0657. The number of hydrogen-bond acceptors (Lipinski definition) is 5. The molecule has 28 heavy (non-hydrogen) atoms. The zero-order valence-corrected chi connectivity index (χ0v) is 17.8. The smallest absolute Gasteiger partial charge is 0.308 e. The third kappa shape index (κ3) is 4.14. The van der Waals surface area contributed by atoms with Crippen molar-refractivity contribution in [1.29, 1.82) is 0 Å². The summed E-state index contributed by atoms with van der Waals surface area (Å²) in [4.78, 5) is 12.3. The molecule has 0 radical (unpaired) electrons. The summed E-state index contributed by atoms with van der Waals surface area (Å²) >= 11 is 1.08. The molecule has 0 saturated heterocycles. The molecule has 1 atom stereocenters. The van der Waals surface area contributed by atoms with Gasteiger partial charge in [-0.15, -0.1) is 0 Å². The van der Waals surface area contributed by atoms with E-state index < -0.39 is 10.0 Å². The van der Waals surface area contributed by atoms with Crippen molar-refractivity contribution in [2.75, 3.05) is 7.11 Å². The van der Waals surface area contributed by atoms with Gasteiger partial charge in [0.25, 0.3) is 0 Å². The van der Waals surface area contributed by atoms with Crippen molar-refractivity contribution in [3.05, 3.63) is 57.7 Å². The van der Waals surface area contributed by atoms with Crippen molar-refractivity contribution in [2.45, 2.75) is 44.2 Å². The number of nitrogens with zero attached hydrogens (tertiary/aromatic N) is 1. The van der Waals surface area contributed by atoms with E-state index in [4.69, 9.17) is 4.74 Å². The lowest BCUT2D eigenvalue weighted by molar-refractivity contribution is 0.414. The van der Waals surface area contributed by atoms with Crippen LogP contribution in [0.5, 0.6) is 5.75 Å². The second-order valence-corrected chi connectivity index (χ2v) is 9.21. The van der Waals surface area contributed by atoms with Crippen LogP contribution in [0.25, 0.3) is 10.2 Å². The SMILES string of the molecule is CCCn1c(=O)sc2cc(S(=O)(=O)NC(CC)c3ccc(OC)cc3)ccc21. The minimum atomic E-state index is -3.73. The Morgan fingerprint density at radius 1 is 1.14 bits per heavy atom. The van der Waals surface area contributed by atoms with Gasteiger partial charge in [0, 0.05) is 12.6 Å². The summed E-state index contributed by atoms with van der Waals surface area (Å²) in [5, 5.41) is 0. The van der Waals surface area contributed by atoms with Crippen molar-refractivity contribution >= 4 is 31.6 Å². The fraction of sp³-hybridized carbons (Fsp3) is 0.350. The van der Waals surface area contributed by atoms with Gasteiger partial charge in [-0.3, -0.25) is 9.36 Å². The molecule has 0 aliphatic carbocycles. The van der Waals surface area contributed by atoms with E-state index in [2.05, 4.69) is 4.72 Å². The lowest BCUT2D eigenvalue weighted by Crippen LogP contribution is -2.28. The number of aryl methyl sites for hydroxylation is 1. The van der Waals surface area contributed by atoms with Gasteiger partial charge in [-0.1, -0.05) is 37.3 Å². The maximum atomic E-state index is 12.9. The largest absolute Gasteiger partial charge is 0.497 e. The number of rotatable bonds is 8. The number of benzene rings is 2. The normalized spacial score (nSPS) is 13.0. The first-order chi connectivity index (χ1) is 13.4. The quantitative estimate of drug-likeness (QED) is 0.599. The Morgan fingerprint density at radius 2 is 1.86 bits per heavy atom. The van der Waals surface area contributed by atoms with Crippen molar-refractivity contribution in [1.82, 2.24) is 9.29 Å². The van der Waals surface area contributed by atoms with Gasteiger partial charge in [-0.2, -0.15) is 0 Å². The van der Waals surface area contributed by atoms with Crippen molar-refractivity contribution in [3.63, 3.8) is 0 Å². The molecule has 3 rings (SSSR count). The molecule has 150 valence electrons. The van der Waals surface area contributed by atoms with Gasteiger partial charge < -0.3 is 4.74 Å². The Kier molecular flexibility index (Phi) is 6.22. The number of sulfonamides is 1. The van der Waals surface area contributed by atoms with E-state index in [1.165, 1.54) is 0 Å². The number of methoxy groups -OCH3 is 1. The van der Waals surface area contributed by atoms with Gasteiger partial charge in [0.05, 0.1) is 22.2 Å². The van der Waals surface area contributed by atoms with E-state index in [0.29, 0.717) is 17.7 Å². The fourth-order valence-corrected chi connectivity index (χ4v) is 5.49. The number of aromatic nitrogens is 1. The van der Waals surface area contributed by atoms with Gasteiger partial charge in [0.15, 0.2) is 0 Å². The molecule has 1 aromatic heterocycles. The van der Waals surface area contributed by atoms with Crippen LogP contribution in [-0.4, -0.2) is 20.1 Å².